The van der Waals surface area contributed by atoms with Gasteiger partial charge in [-0.3, -0.25) is 4.79 Å². The number of ketones is 1. The summed E-state index contributed by atoms with van der Waals surface area (Å²) >= 11 is 0. The maximum atomic E-state index is 12.1. The van der Waals surface area contributed by atoms with Gasteiger partial charge in [-0.25, -0.2) is 0 Å². The van der Waals surface area contributed by atoms with E-state index in [0.717, 1.165) is 25.7 Å². The lowest BCUT2D eigenvalue weighted by Crippen LogP contribution is -2.38. The van der Waals surface area contributed by atoms with Crippen LogP contribution < -0.4 is 0 Å². The Balaban J connectivity index is 1.92. The molecule has 0 aliphatic carbocycles. The van der Waals surface area contributed by atoms with Crippen molar-refractivity contribution in [2.75, 3.05) is 0 Å². The fourth-order valence-electron chi connectivity index (χ4n) is 3.29. The van der Waals surface area contributed by atoms with E-state index in [4.69, 9.17) is 4.74 Å². The summed E-state index contributed by atoms with van der Waals surface area (Å²) in [6, 6.07) is 0. The highest BCUT2D eigenvalue weighted by molar-refractivity contribution is 5.83. The highest BCUT2D eigenvalue weighted by Crippen LogP contribution is 2.29. The monoisotopic (exact) mass is 252 g/mol. The SMILES string of the molecule is CC1CCC2OC1CCCCCCCCCC2=O. The van der Waals surface area contributed by atoms with Crippen molar-refractivity contribution in [3.05, 3.63) is 0 Å². The van der Waals surface area contributed by atoms with Crippen molar-refractivity contribution in [1.29, 1.82) is 0 Å². The average Bonchev–Trinajstić information content (AvgIpc) is 2.38. The Morgan fingerprint density at radius 1 is 0.889 bits per heavy atom. The van der Waals surface area contributed by atoms with Gasteiger partial charge in [-0.2, -0.15) is 0 Å². The molecule has 0 radical (unpaired) electrons. The lowest BCUT2D eigenvalue weighted by molar-refractivity contribution is -0.144. The van der Waals surface area contributed by atoms with Gasteiger partial charge in [0.25, 0.3) is 0 Å². The van der Waals surface area contributed by atoms with Crippen molar-refractivity contribution in [1.82, 2.24) is 0 Å². The molecule has 2 heteroatoms. The van der Waals surface area contributed by atoms with E-state index in [0.29, 0.717) is 17.8 Å². The fourth-order valence-corrected chi connectivity index (χ4v) is 3.29. The van der Waals surface area contributed by atoms with Gasteiger partial charge >= 0.3 is 0 Å². The quantitative estimate of drug-likeness (QED) is 0.643. The molecule has 18 heavy (non-hydrogen) atoms. The molecule has 2 aliphatic heterocycles. The first-order valence-electron chi connectivity index (χ1n) is 7.95. The molecule has 2 aliphatic rings. The van der Waals surface area contributed by atoms with E-state index in [2.05, 4.69) is 6.92 Å². The summed E-state index contributed by atoms with van der Waals surface area (Å²) in [6.45, 7) is 2.28. The van der Waals surface area contributed by atoms with Crippen LogP contribution in [0.1, 0.15) is 77.6 Å². The minimum absolute atomic E-state index is 0.0769. The van der Waals surface area contributed by atoms with Crippen molar-refractivity contribution >= 4 is 5.78 Å². The fraction of sp³-hybridized carbons (Fsp3) is 0.938. The Morgan fingerprint density at radius 2 is 1.56 bits per heavy atom. The third kappa shape index (κ3) is 4.08. The highest BCUT2D eigenvalue weighted by atomic mass is 16.5. The first kappa shape index (κ1) is 14.0. The van der Waals surface area contributed by atoms with Gasteiger partial charge in [0.15, 0.2) is 5.78 Å². The number of rotatable bonds is 0. The van der Waals surface area contributed by atoms with Crippen LogP contribution >= 0.6 is 0 Å². The number of Topliss-reactive ketones (excluding diaryl/α,β-unsaturated/α-hetero) is 1. The minimum atomic E-state index is -0.0769. The maximum absolute atomic E-state index is 12.1. The number of hydrogen-bond acceptors (Lipinski definition) is 2. The molecular formula is C16H28O2. The Bertz CT molecular complexity index is 262. The maximum Gasteiger partial charge on any atom is 0.161 e. The van der Waals surface area contributed by atoms with E-state index in [1.54, 1.807) is 0 Å². The third-order valence-corrected chi connectivity index (χ3v) is 4.63. The summed E-state index contributed by atoms with van der Waals surface area (Å²) in [7, 11) is 0. The molecule has 0 spiro atoms. The van der Waals surface area contributed by atoms with Gasteiger partial charge in [0, 0.05) is 6.42 Å². The van der Waals surface area contributed by atoms with Crippen LogP contribution in [-0.2, 0) is 9.53 Å². The van der Waals surface area contributed by atoms with Crippen molar-refractivity contribution < 1.29 is 9.53 Å². The van der Waals surface area contributed by atoms with Crippen LogP contribution in [0.3, 0.4) is 0 Å². The van der Waals surface area contributed by atoms with E-state index in [9.17, 15) is 4.79 Å². The van der Waals surface area contributed by atoms with E-state index in [1.165, 1.54) is 44.9 Å². The second-order valence-electron chi connectivity index (χ2n) is 6.20. The molecule has 2 fully saturated rings. The van der Waals surface area contributed by atoms with Gasteiger partial charge < -0.3 is 4.74 Å². The molecule has 0 aromatic carbocycles. The summed E-state index contributed by atoms with van der Waals surface area (Å²) < 4.78 is 6.07. The molecule has 0 N–H and O–H groups in total. The van der Waals surface area contributed by atoms with Crippen molar-refractivity contribution in [2.24, 2.45) is 5.92 Å². The molecule has 2 rings (SSSR count). The second-order valence-corrected chi connectivity index (χ2v) is 6.20. The Kier molecular flexibility index (Phi) is 5.68. The van der Waals surface area contributed by atoms with Gasteiger partial charge in [-0.1, -0.05) is 45.4 Å². The highest BCUT2D eigenvalue weighted by Gasteiger charge is 2.31. The van der Waals surface area contributed by atoms with E-state index < -0.39 is 0 Å². The largest absolute Gasteiger partial charge is 0.367 e. The zero-order valence-electron chi connectivity index (χ0n) is 11.8. The van der Waals surface area contributed by atoms with Crippen molar-refractivity contribution in [3.8, 4) is 0 Å². The summed E-state index contributed by atoms with van der Waals surface area (Å²) in [5, 5.41) is 0. The molecule has 0 aromatic rings. The molecule has 2 saturated heterocycles. The lowest BCUT2D eigenvalue weighted by atomic mass is 9.88. The number of carbonyl (C=O) groups is 1. The summed E-state index contributed by atoms with van der Waals surface area (Å²) in [5.74, 6) is 1.00. The smallest absolute Gasteiger partial charge is 0.161 e. The first-order chi connectivity index (χ1) is 8.77. The Labute approximate surface area is 111 Å². The molecule has 104 valence electrons. The number of carbonyl (C=O) groups excluding carboxylic acids is 1. The minimum Gasteiger partial charge on any atom is -0.367 e. The molecule has 3 unspecified atom stereocenters. The van der Waals surface area contributed by atoms with Crippen LogP contribution in [0.2, 0.25) is 0 Å². The van der Waals surface area contributed by atoms with Crippen LogP contribution in [0.15, 0.2) is 0 Å². The molecular weight excluding hydrogens is 224 g/mol. The van der Waals surface area contributed by atoms with Gasteiger partial charge in [0.05, 0.1) is 6.10 Å². The zero-order valence-corrected chi connectivity index (χ0v) is 11.8. The van der Waals surface area contributed by atoms with E-state index >= 15 is 0 Å². The molecule has 0 saturated carbocycles. The Hall–Kier alpha value is -0.370. The Morgan fingerprint density at radius 3 is 2.33 bits per heavy atom. The van der Waals surface area contributed by atoms with Crippen LogP contribution in [0, 0.1) is 5.92 Å². The second kappa shape index (κ2) is 7.28. The van der Waals surface area contributed by atoms with Gasteiger partial charge in [0.1, 0.15) is 6.10 Å². The number of hydrogen-bond donors (Lipinski definition) is 0. The molecule has 2 nitrogen and oxygen atoms in total. The predicted octanol–water partition coefficient (Wildman–Crippen LogP) is 4.26. The lowest BCUT2D eigenvalue weighted by Gasteiger charge is -2.34. The van der Waals surface area contributed by atoms with Crippen LogP contribution in [0.4, 0.5) is 0 Å². The van der Waals surface area contributed by atoms with Crippen molar-refractivity contribution in [2.45, 2.75) is 89.8 Å². The van der Waals surface area contributed by atoms with Crippen LogP contribution in [0.5, 0.6) is 0 Å². The average molecular weight is 252 g/mol. The van der Waals surface area contributed by atoms with Crippen LogP contribution in [0.25, 0.3) is 0 Å². The van der Waals surface area contributed by atoms with Gasteiger partial charge in [-0.15, -0.1) is 0 Å². The first-order valence-corrected chi connectivity index (χ1v) is 7.95. The third-order valence-electron chi connectivity index (χ3n) is 4.63. The topological polar surface area (TPSA) is 26.3 Å². The van der Waals surface area contributed by atoms with Gasteiger partial charge in [-0.05, 0) is 31.6 Å². The van der Waals surface area contributed by atoms with Crippen LogP contribution in [-0.4, -0.2) is 18.0 Å². The standard InChI is InChI=1S/C16H28O2/c1-13-11-12-16-14(17)9-7-5-3-2-4-6-8-10-15(13)18-16/h13,15-16H,2-12H2,1H3. The molecule has 2 bridgehead atoms. The number of ether oxygens (including phenoxy) is 1. The molecule has 0 aromatic heterocycles. The molecule has 3 atom stereocenters. The summed E-state index contributed by atoms with van der Waals surface area (Å²) in [4.78, 5) is 12.1. The van der Waals surface area contributed by atoms with Gasteiger partial charge in [0.2, 0.25) is 0 Å². The number of fused-ring (bicyclic) bond motifs is 2. The summed E-state index contributed by atoms with van der Waals surface area (Å²) in [5.41, 5.74) is 0. The zero-order chi connectivity index (χ0) is 12.8. The van der Waals surface area contributed by atoms with E-state index in [1.807, 2.05) is 0 Å². The normalized spacial score (nSPS) is 36.3. The molecule has 2 heterocycles. The summed E-state index contributed by atoms with van der Waals surface area (Å²) in [6.07, 6.45) is 13.2. The van der Waals surface area contributed by atoms with Crippen molar-refractivity contribution in [3.63, 3.8) is 0 Å². The van der Waals surface area contributed by atoms with E-state index in [-0.39, 0.29) is 6.10 Å². The molecule has 0 amide bonds. The predicted molar refractivity (Wildman–Crippen MR) is 73.6 cm³/mol.